The van der Waals surface area contributed by atoms with E-state index in [1.54, 1.807) is 43.3 Å². The minimum absolute atomic E-state index is 0.0689. The Morgan fingerprint density at radius 2 is 1.94 bits per heavy atom. The predicted molar refractivity (Wildman–Crippen MR) is 134 cm³/mol. The molecule has 2 unspecified atom stereocenters. The summed E-state index contributed by atoms with van der Waals surface area (Å²) in [6.45, 7) is 5.47. The number of aliphatic hydroxyl groups excluding tert-OH is 1. The van der Waals surface area contributed by atoms with Crippen LogP contribution in [0.2, 0.25) is 0 Å². The fourth-order valence-electron chi connectivity index (χ4n) is 4.43. The topological polar surface area (TPSA) is 108 Å². The van der Waals surface area contributed by atoms with Crippen LogP contribution in [0.1, 0.15) is 46.5 Å². The molecule has 4 rings (SSSR count). The van der Waals surface area contributed by atoms with Crippen LogP contribution in [0.25, 0.3) is 6.08 Å². The van der Waals surface area contributed by atoms with Crippen molar-refractivity contribution in [2.75, 3.05) is 10.8 Å². The Balaban J connectivity index is 1.64. The maximum absolute atomic E-state index is 13.3. The quantitative estimate of drug-likeness (QED) is 0.327. The van der Waals surface area contributed by atoms with Crippen LogP contribution in [-0.4, -0.2) is 31.1 Å². The third-order valence-corrected chi connectivity index (χ3v) is 7.84. The molecule has 3 aromatic rings. The number of benzene rings is 2. The van der Waals surface area contributed by atoms with Crippen molar-refractivity contribution in [1.29, 1.82) is 0 Å². The Morgan fingerprint density at radius 3 is 2.57 bits per heavy atom. The molecule has 0 amide bonds. The van der Waals surface area contributed by atoms with E-state index in [-0.39, 0.29) is 17.6 Å². The van der Waals surface area contributed by atoms with E-state index in [2.05, 4.69) is 6.58 Å². The smallest absolute Gasteiger partial charge is 0.328 e. The van der Waals surface area contributed by atoms with Crippen molar-refractivity contribution in [2.24, 2.45) is 0 Å². The van der Waals surface area contributed by atoms with Gasteiger partial charge in [0.15, 0.2) is 0 Å². The van der Waals surface area contributed by atoms with Gasteiger partial charge < -0.3 is 14.6 Å². The number of rotatable bonds is 9. The van der Waals surface area contributed by atoms with Crippen LogP contribution >= 0.6 is 0 Å². The van der Waals surface area contributed by atoms with E-state index >= 15 is 0 Å². The van der Waals surface area contributed by atoms with Crippen molar-refractivity contribution in [1.82, 2.24) is 0 Å². The summed E-state index contributed by atoms with van der Waals surface area (Å²) in [6, 6.07) is 15.6. The molecule has 0 spiro atoms. The van der Waals surface area contributed by atoms with E-state index in [4.69, 9.17) is 9.52 Å². The third kappa shape index (κ3) is 5.08. The zero-order valence-electron chi connectivity index (χ0n) is 19.3. The molecule has 0 fully saturated rings. The SMILES string of the molecule is C=CCN(c1ccc2c(c1)C(C(O)c1ccc(C=CC(=O)O)cc1)CC2)S(=O)(=O)c1ccc(C)o1. The van der Waals surface area contributed by atoms with Crippen LogP contribution in [0.5, 0.6) is 0 Å². The summed E-state index contributed by atoms with van der Waals surface area (Å²) >= 11 is 0. The van der Waals surface area contributed by atoms with Gasteiger partial charge in [0.25, 0.3) is 10.0 Å². The molecular formula is C27H27NO6S. The van der Waals surface area contributed by atoms with Crippen LogP contribution in [0, 0.1) is 6.92 Å². The lowest BCUT2D eigenvalue weighted by Gasteiger charge is -2.24. The molecule has 0 radical (unpaired) electrons. The zero-order chi connectivity index (χ0) is 25.2. The fourth-order valence-corrected chi connectivity index (χ4v) is 5.81. The van der Waals surface area contributed by atoms with Gasteiger partial charge in [-0.15, -0.1) is 6.58 Å². The first kappa shape index (κ1) is 24.5. The van der Waals surface area contributed by atoms with E-state index in [0.717, 1.165) is 35.6 Å². The maximum atomic E-state index is 13.3. The summed E-state index contributed by atoms with van der Waals surface area (Å²) in [4.78, 5) is 10.7. The van der Waals surface area contributed by atoms with Gasteiger partial charge in [-0.2, -0.15) is 8.42 Å². The van der Waals surface area contributed by atoms with Crippen LogP contribution in [-0.2, 0) is 21.2 Å². The number of fused-ring (bicyclic) bond motifs is 1. The molecular weight excluding hydrogens is 466 g/mol. The first-order valence-corrected chi connectivity index (χ1v) is 12.7. The zero-order valence-corrected chi connectivity index (χ0v) is 20.1. The summed E-state index contributed by atoms with van der Waals surface area (Å²) in [5, 5.41) is 19.8. The Bertz CT molecular complexity index is 1370. The number of hydrogen-bond acceptors (Lipinski definition) is 5. The lowest BCUT2D eigenvalue weighted by atomic mass is 9.90. The van der Waals surface area contributed by atoms with Crippen LogP contribution < -0.4 is 4.31 Å². The Kier molecular flexibility index (Phi) is 6.95. The van der Waals surface area contributed by atoms with Gasteiger partial charge in [0.2, 0.25) is 5.09 Å². The highest BCUT2D eigenvalue weighted by Crippen LogP contribution is 2.43. The van der Waals surface area contributed by atoms with Gasteiger partial charge in [-0.05, 0) is 72.4 Å². The average molecular weight is 494 g/mol. The monoisotopic (exact) mass is 493 g/mol. The van der Waals surface area contributed by atoms with Crippen LogP contribution in [0.4, 0.5) is 5.69 Å². The minimum Gasteiger partial charge on any atom is -0.478 e. The molecule has 0 bridgehead atoms. The number of carboxylic acid groups (broad SMARTS) is 1. The molecule has 8 heteroatoms. The molecule has 0 saturated heterocycles. The number of furan rings is 1. The number of sulfonamides is 1. The summed E-state index contributed by atoms with van der Waals surface area (Å²) in [5.41, 5.74) is 3.89. The lowest BCUT2D eigenvalue weighted by molar-refractivity contribution is -0.131. The Hall–Kier alpha value is -3.62. The molecule has 2 N–H and O–H groups in total. The van der Waals surface area contributed by atoms with Gasteiger partial charge in [-0.1, -0.05) is 36.4 Å². The molecule has 1 heterocycles. The summed E-state index contributed by atoms with van der Waals surface area (Å²) in [5.74, 6) is -0.726. The normalized spacial score (nSPS) is 16.2. The summed E-state index contributed by atoms with van der Waals surface area (Å²) in [7, 11) is -3.93. The molecule has 35 heavy (non-hydrogen) atoms. The second-order valence-corrected chi connectivity index (χ2v) is 10.3. The number of nitrogens with zero attached hydrogens (tertiary/aromatic N) is 1. The van der Waals surface area contributed by atoms with Gasteiger partial charge in [0, 0.05) is 12.0 Å². The van der Waals surface area contributed by atoms with Gasteiger partial charge in [0.05, 0.1) is 18.3 Å². The summed E-state index contributed by atoms with van der Waals surface area (Å²) < 4.78 is 33.2. The van der Waals surface area contributed by atoms with Gasteiger partial charge in [-0.25, -0.2) is 4.79 Å². The van der Waals surface area contributed by atoms with Crippen molar-refractivity contribution >= 4 is 27.8 Å². The van der Waals surface area contributed by atoms with Gasteiger partial charge >= 0.3 is 5.97 Å². The van der Waals surface area contributed by atoms with E-state index in [9.17, 15) is 18.3 Å². The molecule has 7 nitrogen and oxygen atoms in total. The standard InChI is InChI=1S/C27H27NO6S/c1-3-16-28(35(32,33)26-15-4-18(2)34-26)22-12-10-20-11-13-23(24(20)17-22)27(31)21-8-5-19(6-9-21)7-14-25(29)30/h3-10,12,14-15,17,23,27,31H,1,11,13,16H2,2H3,(H,29,30). The molecule has 1 aromatic heterocycles. The number of anilines is 1. The van der Waals surface area contributed by atoms with Gasteiger partial charge in [-0.3, -0.25) is 4.31 Å². The van der Waals surface area contributed by atoms with Crippen molar-refractivity contribution in [3.63, 3.8) is 0 Å². The molecule has 0 aliphatic heterocycles. The van der Waals surface area contributed by atoms with Crippen molar-refractivity contribution in [2.45, 2.75) is 36.9 Å². The van der Waals surface area contributed by atoms with Gasteiger partial charge in [0.1, 0.15) is 5.76 Å². The molecule has 2 aromatic carbocycles. The number of carboxylic acids is 1. The van der Waals surface area contributed by atoms with E-state index in [1.807, 2.05) is 12.1 Å². The number of aliphatic hydroxyl groups is 1. The highest BCUT2D eigenvalue weighted by Gasteiger charge is 2.32. The van der Waals surface area contributed by atoms with E-state index in [1.165, 1.54) is 22.5 Å². The molecule has 1 aliphatic carbocycles. The van der Waals surface area contributed by atoms with E-state index in [0.29, 0.717) is 17.0 Å². The molecule has 0 saturated carbocycles. The fraction of sp³-hybridized carbons (Fsp3) is 0.222. The molecule has 1 aliphatic rings. The predicted octanol–water partition coefficient (Wildman–Crippen LogP) is 4.83. The number of aryl methyl sites for hydroxylation is 2. The highest BCUT2D eigenvalue weighted by atomic mass is 32.2. The van der Waals surface area contributed by atoms with Crippen LogP contribution in [0.15, 0.2) is 82.8 Å². The Labute approximate surface area is 204 Å². The maximum Gasteiger partial charge on any atom is 0.328 e. The van der Waals surface area contributed by atoms with Crippen molar-refractivity contribution in [3.8, 4) is 0 Å². The third-order valence-electron chi connectivity index (χ3n) is 6.17. The average Bonchev–Trinajstić information content (AvgIpc) is 3.47. The Morgan fingerprint density at radius 1 is 1.20 bits per heavy atom. The molecule has 2 atom stereocenters. The second-order valence-electron chi connectivity index (χ2n) is 8.50. The van der Waals surface area contributed by atoms with Crippen molar-refractivity contribution < 1.29 is 27.8 Å². The van der Waals surface area contributed by atoms with Crippen LogP contribution in [0.3, 0.4) is 0 Å². The largest absolute Gasteiger partial charge is 0.478 e. The first-order chi connectivity index (χ1) is 16.7. The molecule has 182 valence electrons. The second kappa shape index (κ2) is 9.93. The highest BCUT2D eigenvalue weighted by molar-refractivity contribution is 7.92. The van der Waals surface area contributed by atoms with Crippen molar-refractivity contribution in [3.05, 3.63) is 101 Å². The minimum atomic E-state index is -3.93. The lowest BCUT2D eigenvalue weighted by Crippen LogP contribution is -2.31. The number of carbonyl (C=O) groups is 1. The number of aliphatic carboxylic acids is 1. The number of hydrogen-bond donors (Lipinski definition) is 2. The van der Waals surface area contributed by atoms with E-state index < -0.39 is 22.1 Å². The summed E-state index contributed by atoms with van der Waals surface area (Å²) in [6.07, 6.45) is 4.79. The first-order valence-electron chi connectivity index (χ1n) is 11.2.